The van der Waals surface area contributed by atoms with E-state index in [2.05, 4.69) is 25.7 Å². The van der Waals surface area contributed by atoms with Crippen LogP contribution in [0.15, 0.2) is 24.5 Å². The van der Waals surface area contributed by atoms with Gasteiger partial charge in [-0.1, -0.05) is 13.8 Å². The summed E-state index contributed by atoms with van der Waals surface area (Å²) in [5.74, 6) is 0.364. The predicted molar refractivity (Wildman–Crippen MR) is 93.3 cm³/mol. The monoisotopic (exact) mass is 328 g/mol. The van der Waals surface area contributed by atoms with Crippen LogP contribution in [0.25, 0.3) is 5.69 Å². The molecule has 0 radical (unpaired) electrons. The van der Waals surface area contributed by atoms with Gasteiger partial charge in [-0.3, -0.25) is 4.79 Å². The minimum absolute atomic E-state index is 0.0390. The number of carbonyl (C=O) groups excluding carboxylic acids is 1. The van der Waals surface area contributed by atoms with E-state index in [0.29, 0.717) is 12.3 Å². The zero-order valence-corrected chi connectivity index (χ0v) is 14.3. The van der Waals surface area contributed by atoms with Gasteiger partial charge in [0.1, 0.15) is 6.33 Å². The molecule has 0 saturated carbocycles. The summed E-state index contributed by atoms with van der Waals surface area (Å²) in [6.07, 6.45) is 5.71. The standard InChI is InChI=1S/C17H24N6O/c1-13(2)10-17(24)19-15-11-14(23-12-18-20-21-23)6-7-16(15)22-8-4-3-5-9-22/h6-7,11-13H,3-5,8-10H2,1-2H3,(H,19,24). The normalized spacial score (nSPS) is 14.9. The molecule has 1 N–H and O–H groups in total. The summed E-state index contributed by atoms with van der Waals surface area (Å²) in [7, 11) is 0. The third kappa shape index (κ3) is 3.90. The highest BCUT2D eigenvalue weighted by molar-refractivity contribution is 5.95. The Hall–Kier alpha value is -2.44. The summed E-state index contributed by atoms with van der Waals surface area (Å²) < 4.78 is 1.60. The molecule has 7 heteroatoms. The van der Waals surface area contributed by atoms with Crippen molar-refractivity contribution in [3.63, 3.8) is 0 Å². The summed E-state index contributed by atoms with van der Waals surface area (Å²) >= 11 is 0. The quantitative estimate of drug-likeness (QED) is 0.913. The molecule has 0 unspecified atom stereocenters. The highest BCUT2D eigenvalue weighted by atomic mass is 16.1. The number of carbonyl (C=O) groups is 1. The fourth-order valence-corrected chi connectivity index (χ4v) is 3.03. The molecule has 1 aliphatic rings. The molecule has 1 saturated heterocycles. The molecule has 1 aromatic heterocycles. The number of hydrogen-bond acceptors (Lipinski definition) is 5. The van der Waals surface area contributed by atoms with E-state index in [1.165, 1.54) is 19.3 Å². The van der Waals surface area contributed by atoms with Crippen molar-refractivity contribution in [3.8, 4) is 5.69 Å². The molecule has 7 nitrogen and oxygen atoms in total. The maximum absolute atomic E-state index is 12.3. The lowest BCUT2D eigenvalue weighted by Gasteiger charge is -2.31. The van der Waals surface area contributed by atoms with Crippen LogP contribution >= 0.6 is 0 Å². The predicted octanol–water partition coefficient (Wildman–Crippen LogP) is 2.64. The zero-order valence-electron chi connectivity index (χ0n) is 14.3. The molecule has 3 rings (SSSR count). The molecule has 0 atom stereocenters. The second-order valence-electron chi connectivity index (χ2n) is 6.65. The van der Waals surface area contributed by atoms with E-state index in [0.717, 1.165) is 30.2 Å². The van der Waals surface area contributed by atoms with E-state index in [-0.39, 0.29) is 5.91 Å². The number of nitrogens with one attached hydrogen (secondary N) is 1. The number of tetrazole rings is 1. The highest BCUT2D eigenvalue weighted by Crippen LogP contribution is 2.31. The number of benzene rings is 1. The second-order valence-corrected chi connectivity index (χ2v) is 6.65. The third-order valence-corrected chi connectivity index (χ3v) is 4.16. The number of amides is 1. The molecule has 1 aromatic carbocycles. The molecule has 1 fully saturated rings. The fourth-order valence-electron chi connectivity index (χ4n) is 3.03. The summed E-state index contributed by atoms with van der Waals surface area (Å²) in [4.78, 5) is 14.6. The lowest BCUT2D eigenvalue weighted by molar-refractivity contribution is -0.116. The molecule has 0 bridgehead atoms. The molecule has 2 aromatic rings. The number of anilines is 2. The van der Waals surface area contributed by atoms with E-state index < -0.39 is 0 Å². The van der Waals surface area contributed by atoms with Crippen LogP contribution in [0.4, 0.5) is 11.4 Å². The summed E-state index contributed by atoms with van der Waals surface area (Å²) in [5.41, 5.74) is 2.74. The Bertz CT molecular complexity index is 676. The van der Waals surface area contributed by atoms with Gasteiger partial charge in [-0.2, -0.15) is 0 Å². The van der Waals surface area contributed by atoms with Gasteiger partial charge in [0.25, 0.3) is 0 Å². The van der Waals surface area contributed by atoms with Crippen LogP contribution in [0, 0.1) is 5.92 Å². The van der Waals surface area contributed by atoms with Crippen LogP contribution in [0.3, 0.4) is 0 Å². The first-order chi connectivity index (χ1) is 11.6. The number of nitrogens with zero attached hydrogens (tertiary/aromatic N) is 5. The first-order valence-electron chi connectivity index (χ1n) is 8.55. The van der Waals surface area contributed by atoms with Gasteiger partial charge < -0.3 is 10.2 Å². The summed E-state index contributed by atoms with van der Waals surface area (Å²) in [6.45, 7) is 6.14. The Morgan fingerprint density at radius 3 is 2.71 bits per heavy atom. The Morgan fingerprint density at radius 2 is 2.04 bits per heavy atom. The largest absolute Gasteiger partial charge is 0.370 e. The van der Waals surface area contributed by atoms with E-state index in [1.54, 1.807) is 11.0 Å². The van der Waals surface area contributed by atoms with Gasteiger partial charge in [0.05, 0.1) is 17.1 Å². The average Bonchev–Trinajstić information content (AvgIpc) is 3.09. The van der Waals surface area contributed by atoms with E-state index in [9.17, 15) is 4.79 Å². The maximum atomic E-state index is 12.3. The molecular formula is C17H24N6O. The second kappa shape index (κ2) is 7.42. The van der Waals surface area contributed by atoms with Gasteiger partial charge in [0.2, 0.25) is 5.91 Å². The van der Waals surface area contributed by atoms with E-state index >= 15 is 0 Å². The van der Waals surface area contributed by atoms with Crippen LogP contribution < -0.4 is 10.2 Å². The third-order valence-electron chi connectivity index (χ3n) is 4.16. The first-order valence-corrected chi connectivity index (χ1v) is 8.55. The van der Waals surface area contributed by atoms with Crippen molar-refractivity contribution in [3.05, 3.63) is 24.5 Å². The van der Waals surface area contributed by atoms with Crippen LogP contribution in [0.2, 0.25) is 0 Å². The minimum Gasteiger partial charge on any atom is -0.370 e. The van der Waals surface area contributed by atoms with E-state index in [4.69, 9.17) is 0 Å². The van der Waals surface area contributed by atoms with Crippen molar-refractivity contribution in [2.45, 2.75) is 39.5 Å². The molecular weight excluding hydrogens is 304 g/mol. The highest BCUT2D eigenvalue weighted by Gasteiger charge is 2.17. The zero-order chi connectivity index (χ0) is 16.9. The lowest BCUT2D eigenvalue weighted by atomic mass is 10.1. The SMILES string of the molecule is CC(C)CC(=O)Nc1cc(-n2cnnn2)ccc1N1CCCCC1. The van der Waals surface area contributed by atoms with Crippen molar-refractivity contribution in [2.75, 3.05) is 23.3 Å². The van der Waals surface area contributed by atoms with E-state index in [1.807, 2.05) is 32.0 Å². The average molecular weight is 328 g/mol. The smallest absolute Gasteiger partial charge is 0.224 e. The summed E-state index contributed by atoms with van der Waals surface area (Å²) in [6, 6.07) is 5.98. The Morgan fingerprint density at radius 1 is 1.25 bits per heavy atom. The van der Waals surface area contributed by atoms with Crippen LogP contribution in [-0.4, -0.2) is 39.2 Å². The van der Waals surface area contributed by atoms with Gasteiger partial charge >= 0.3 is 0 Å². The van der Waals surface area contributed by atoms with Gasteiger partial charge in [0, 0.05) is 19.5 Å². The van der Waals surface area contributed by atoms with Crippen LogP contribution in [0.5, 0.6) is 0 Å². The van der Waals surface area contributed by atoms with Gasteiger partial charge in [-0.05, 0) is 53.8 Å². The molecule has 1 aliphatic heterocycles. The van der Waals surface area contributed by atoms with Gasteiger partial charge in [-0.25, -0.2) is 4.68 Å². The van der Waals surface area contributed by atoms with Crippen LogP contribution in [-0.2, 0) is 4.79 Å². The van der Waals surface area contributed by atoms with Crippen molar-refractivity contribution in [1.82, 2.24) is 20.2 Å². The minimum atomic E-state index is 0.0390. The van der Waals surface area contributed by atoms with Crippen molar-refractivity contribution in [2.24, 2.45) is 5.92 Å². The number of aromatic nitrogens is 4. The van der Waals surface area contributed by atoms with Crippen molar-refractivity contribution in [1.29, 1.82) is 0 Å². The van der Waals surface area contributed by atoms with Crippen molar-refractivity contribution >= 4 is 17.3 Å². The lowest BCUT2D eigenvalue weighted by Crippen LogP contribution is -2.30. The first kappa shape index (κ1) is 16.4. The Kier molecular flexibility index (Phi) is 5.08. The topological polar surface area (TPSA) is 75.9 Å². The Balaban J connectivity index is 1.90. The number of hydrogen-bond donors (Lipinski definition) is 1. The molecule has 128 valence electrons. The van der Waals surface area contributed by atoms with Crippen molar-refractivity contribution < 1.29 is 4.79 Å². The molecule has 24 heavy (non-hydrogen) atoms. The maximum Gasteiger partial charge on any atom is 0.224 e. The van der Waals surface area contributed by atoms with Gasteiger partial charge in [0.15, 0.2) is 0 Å². The molecule has 0 spiro atoms. The molecule has 1 amide bonds. The Labute approximate surface area is 142 Å². The van der Waals surface area contributed by atoms with Gasteiger partial charge in [-0.15, -0.1) is 5.10 Å². The van der Waals surface area contributed by atoms with Crippen LogP contribution in [0.1, 0.15) is 39.5 Å². The molecule has 0 aliphatic carbocycles. The number of rotatable bonds is 5. The summed E-state index contributed by atoms with van der Waals surface area (Å²) in [5, 5.41) is 14.4. The number of piperidine rings is 1. The molecule has 2 heterocycles. The fraction of sp³-hybridized carbons (Fsp3) is 0.529.